The lowest BCUT2D eigenvalue weighted by atomic mass is 10.1. The van der Waals surface area contributed by atoms with Crippen LogP contribution < -0.4 is 0 Å². The summed E-state index contributed by atoms with van der Waals surface area (Å²) in [5, 5.41) is 9.62. The van der Waals surface area contributed by atoms with Gasteiger partial charge >= 0.3 is 11.9 Å². The summed E-state index contributed by atoms with van der Waals surface area (Å²) in [5.41, 5.74) is 0.605. The van der Waals surface area contributed by atoms with Crippen molar-refractivity contribution in [1.29, 1.82) is 0 Å². The Morgan fingerprint density at radius 1 is 1.12 bits per heavy atom. The Kier molecular flexibility index (Phi) is 2.40. The van der Waals surface area contributed by atoms with Gasteiger partial charge in [0.25, 0.3) is 0 Å². The van der Waals surface area contributed by atoms with Gasteiger partial charge in [0.1, 0.15) is 0 Å². The highest BCUT2D eigenvalue weighted by Crippen LogP contribution is 2.16. The Balaban J connectivity index is 2.42. The highest BCUT2D eigenvalue weighted by atomic mass is 16.7. The molecule has 1 aromatic carbocycles. The molecule has 0 radical (unpaired) electrons. The summed E-state index contributed by atoms with van der Waals surface area (Å²) in [5.74, 6) is -3.03. The van der Waals surface area contributed by atoms with Crippen molar-refractivity contribution in [2.24, 2.45) is 0 Å². The number of ether oxygens (including phenoxy) is 2. The first-order chi connectivity index (χ1) is 7.48. The molecule has 16 heavy (non-hydrogen) atoms. The van der Waals surface area contributed by atoms with Crippen LogP contribution in [0.2, 0.25) is 0 Å². The monoisotopic (exact) mass is 222 g/mol. The van der Waals surface area contributed by atoms with Crippen LogP contribution in [-0.2, 0) is 9.47 Å². The first-order valence-corrected chi connectivity index (χ1v) is 4.71. The summed E-state index contributed by atoms with van der Waals surface area (Å²) < 4.78 is 9.58. The molecular weight excluding hydrogens is 212 g/mol. The number of rotatable bonds is 0. The molecule has 0 aliphatic carbocycles. The summed E-state index contributed by atoms with van der Waals surface area (Å²) in [7, 11) is 0. The van der Waals surface area contributed by atoms with Crippen LogP contribution in [0.5, 0.6) is 0 Å². The van der Waals surface area contributed by atoms with Crippen molar-refractivity contribution < 1.29 is 24.2 Å². The molecule has 1 N–H and O–H groups in total. The van der Waals surface area contributed by atoms with Gasteiger partial charge in [-0.25, -0.2) is 9.59 Å². The minimum atomic E-state index is -1.81. The van der Waals surface area contributed by atoms with Crippen molar-refractivity contribution in [3.05, 3.63) is 35.4 Å². The summed E-state index contributed by atoms with van der Waals surface area (Å²) in [4.78, 5) is 22.9. The second-order valence-corrected chi connectivity index (χ2v) is 3.72. The molecule has 0 aromatic heterocycles. The van der Waals surface area contributed by atoms with Gasteiger partial charge in [0.05, 0.1) is 11.1 Å². The number of hydrogen-bond acceptors (Lipinski definition) is 5. The molecule has 84 valence electrons. The lowest BCUT2D eigenvalue weighted by Crippen LogP contribution is -2.38. The summed E-state index contributed by atoms with van der Waals surface area (Å²) >= 11 is 0. The van der Waals surface area contributed by atoms with Crippen molar-refractivity contribution >= 4 is 11.9 Å². The van der Waals surface area contributed by atoms with Gasteiger partial charge in [0.2, 0.25) is 5.79 Å². The van der Waals surface area contributed by atoms with Gasteiger partial charge in [-0.3, -0.25) is 0 Å². The fourth-order valence-electron chi connectivity index (χ4n) is 1.31. The summed E-state index contributed by atoms with van der Waals surface area (Å²) in [6.45, 7) is 0.863. The molecule has 1 aromatic rings. The quantitative estimate of drug-likeness (QED) is 0.655. The van der Waals surface area contributed by atoms with Crippen molar-refractivity contribution in [3.8, 4) is 0 Å². The van der Waals surface area contributed by atoms with E-state index in [9.17, 15) is 14.7 Å². The van der Waals surface area contributed by atoms with Gasteiger partial charge in [-0.05, 0) is 24.3 Å². The zero-order valence-corrected chi connectivity index (χ0v) is 8.60. The maximum Gasteiger partial charge on any atom is 0.340 e. The largest absolute Gasteiger partial charge is 0.455 e. The number of aliphatic hydroxyl groups is 1. The molecule has 0 fully saturated rings. The van der Waals surface area contributed by atoms with Gasteiger partial charge in [-0.1, -0.05) is 0 Å². The van der Waals surface area contributed by atoms with Crippen LogP contribution in [0.1, 0.15) is 27.6 Å². The molecule has 1 atom stereocenters. The van der Waals surface area contributed by atoms with Gasteiger partial charge in [0, 0.05) is 6.92 Å². The Bertz CT molecular complexity index is 432. The molecule has 5 heteroatoms. The molecule has 5 nitrogen and oxygen atoms in total. The second kappa shape index (κ2) is 3.61. The number of hydrogen-bond donors (Lipinski definition) is 1. The number of esters is 2. The van der Waals surface area contributed by atoms with E-state index in [1.807, 2.05) is 0 Å². The highest BCUT2D eigenvalue weighted by Gasteiger charge is 2.29. The van der Waals surface area contributed by atoms with E-state index < -0.39 is 24.3 Å². The fraction of sp³-hybridized carbons (Fsp3) is 0.273. The van der Waals surface area contributed by atoms with Crippen LogP contribution in [0, 0.1) is 0 Å². The lowest BCUT2D eigenvalue weighted by molar-refractivity contribution is -0.176. The van der Waals surface area contributed by atoms with Crippen LogP contribution in [0.3, 0.4) is 0 Å². The summed E-state index contributed by atoms with van der Waals surface area (Å²) in [6, 6.07) is 5.83. The second-order valence-electron chi connectivity index (χ2n) is 3.72. The van der Waals surface area contributed by atoms with E-state index in [0.29, 0.717) is 5.56 Å². The molecule has 2 heterocycles. The van der Waals surface area contributed by atoms with Crippen LogP contribution in [-0.4, -0.2) is 29.4 Å². The number of benzene rings is 1. The molecule has 0 spiro atoms. The van der Waals surface area contributed by atoms with Crippen LogP contribution >= 0.6 is 0 Å². The SMILES string of the molecule is CC1(O)COC(=O)c2ccc(cc2)C(=O)O1. The van der Waals surface area contributed by atoms with E-state index in [0.717, 1.165) is 0 Å². The Morgan fingerprint density at radius 2 is 1.62 bits per heavy atom. The highest BCUT2D eigenvalue weighted by molar-refractivity contribution is 5.93. The lowest BCUT2D eigenvalue weighted by Gasteiger charge is -2.24. The molecular formula is C11H10O5. The predicted octanol–water partition coefficient (Wildman–Crippen LogP) is 0.722. The topological polar surface area (TPSA) is 72.8 Å². The molecule has 0 saturated carbocycles. The van der Waals surface area contributed by atoms with E-state index in [-0.39, 0.29) is 5.56 Å². The third kappa shape index (κ3) is 2.04. The molecule has 2 bridgehead atoms. The summed E-state index contributed by atoms with van der Waals surface area (Å²) in [6.07, 6.45) is 0. The number of carbonyl (C=O) groups excluding carboxylic acids is 2. The maximum absolute atomic E-state index is 11.5. The first-order valence-electron chi connectivity index (χ1n) is 4.71. The van der Waals surface area contributed by atoms with Crippen molar-refractivity contribution in [2.75, 3.05) is 6.61 Å². The minimum absolute atomic E-state index is 0.277. The zero-order chi connectivity index (χ0) is 11.8. The minimum Gasteiger partial charge on any atom is -0.455 e. The van der Waals surface area contributed by atoms with Gasteiger partial charge in [0.15, 0.2) is 6.61 Å². The molecule has 2 aliphatic heterocycles. The fourth-order valence-corrected chi connectivity index (χ4v) is 1.31. The van der Waals surface area contributed by atoms with Gasteiger partial charge < -0.3 is 14.6 Å². The molecule has 2 aliphatic rings. The van der Waals surface area contributed by atoms with Crippen LogP contribution in [0.15, 0.2) is 24.3 Å². The average Bonchev–Trinajstić information content (AvgIpc) is 2.25. The third-order valence-electron chi connectivity index (χ3n) is 2.14. The molecule has 3 rings (SSSR count). The predicted molar refractivity (Wildman–Crippen MR) is 52.8 cm³/mol. The first kappa shape index (κ1) is 10.6. The Morgan fingerprint density at radius 3 is 2.19 bits per heavy atom. The van der Waals surface area contributed by atoms with E-state index in [1.54, 1.807) is 0 Å². The van der Waals surface area contributed by atoms with Crippen LogP contribution in [0.25, 0.3) is 0 Å². The Hall–Kier alpha value is -1.88. The van der Waals surface area contributed by atoms with Crippen molar-refractivity contribution in [2.45, 2.75) is 12.7 Å². The van der Waals surface area contributed by atoms with E-state index in [4.69, 9.17) is 9.47 Å². The normalized spacial score (nSPS) is 24.9. The number of fused-ring (bicyclic) bond motifs is 7. The standard InChI is InChI=1S/C11H10O5/c1-11(14)6-15-9(12)7-2-4-8(5-3-7)10(13)16-11/h2-5,14H,6H2,1H3. The third-order valence-corrected chi connectivity index (χ3v) is 2.14. The smallest absolute Gasteiger partial charge is 0.340 e. The number of carbonyl (C=O) groups is 2. The van der Waals surface area contributed by atoms with E-state index >= 15 is 0 Å². The Labute approximate surface area is 91.6 Å². The molecule has 0 saturated heterocycles. The zero-order valence-electron chi connectivity index (χ0n) is 8.60. The average molecular weight is 222 g/mol. The molecule has 0 amide bonds. The van der Waals surface area contributed by atoms with Crippen molar-refractivity contribution in [3.63, 3.8) is 0 Å². The van der Waals surface area contributed by atoms with Gasteiger partial charge in [-0.2, -0.15) is 0 Å². The van der Waals surface area contributed by atoms with Crippen molar-refractivity contribution in [1.82, 2.24) is 0 Å². The maximum atomic E-state index is 11.5. The van der Waals surface area contributed by atoms with E-state index in [2.05, 4.69) is 0 Å². The molecule has 1 unspecified atom stereocenters. The van der Waals surface area contributed by atoms with Gasteiger partial charge in [-0.15, -0.1) is 0 Å². The van der Waals surface area contributed by atoms with E-state index in [1.165, 1.54) is 31.2 Å². The van der Waals surface area contributed by atoms with Crippen LogP contribution in [0.4, 0.5) is 0 Å².